The number of hydrogen-bond donors (Lipinski definition) is 0. The van der Waals surface area contributed by atoms with Crippen molar-refractivity contribution >= 4 is 17.6 Å². The van der Waals surface area contributed by atoms with Gasteiger partial charge in [-0.15, -0.1) is 0 Å². The van der Waals surface area contributed by atoms with Crippen LogP contribution in [0.1, 0.15) is 18.1 Å². The molecule has 0 fully saturated rings. The molecule has 0 aromatic heterocycles. The summed E-state index contributed by atoms with van der Waals surface area (Å²) in [5, 5.41) is 0. The molecule has 0 saturated heterocycles. The highest BCUT2D eigenvalue weighted by Crippen LogP contribution is 2.38. The Morgan fingerprint density at radius 3 is 3.00 bits per heavy atom. The lowest BCUT2D eigenvalue weighted by atomic mass is 9.91. The van der Waals surface area contributed by atoms with Gasteiger partial charge in [0.1, 0.15) is 5.92 Å². The van der Waals surface area contributed by atoms with Crippen molar-refractivity contribution in [3.8, 4) is 0 Å². The number of carbonyl (C=O) groups excluding carboxylic acids is 2. The Balaban J connectivity index is 1.98. The number of hydrogen-bond acceptors (Lipinski definition) is 3. The first-order valence-electron chi connectivity index (χ1n) is 6.31. The van der Waals surface area contributed by atoms with Crippen LogP contribution in [0.25, 0.3) is 0 Å². The molecule has 1 amide bonds. The van der Waals surface area contributed by atoms with Gasteiger partial charge in [0.2, 0.25) is 5.91 Å². The third kappa shape index (κ3) is 1.52. The van der Waals surface area contributed by atoms with E-state index < -0.39 is 11.9 Å². The minimum absolute atomic E-state index is 0.106. The second-order valence-electron chi connectivity index (χ2n) is 4.67. The molecule has 18 heavy (non-hydrogen) atoms. The number of anilines is 1. The topological polar surface area (TPSA) is 46.6 Å². The first kappa shape index (κ1) is 11.3. The average molecular weight is 245 g/mol. The summed E-state index contributed by atoms with van der Waals surface area (Å²) in [6.45, 7) is 2.75. The molecule has 4 heteroatoms. The highest BCUT2D eigenvalue weighted by molar-refractivity contribution is 6.09. The van der Waals surface area contributed by atoms with Gasteiger partial charge in [0.15, 0.2) is 0 Å². The monoisotopic (exact) mass is 245 g/mol. The van der Waals surface area contributed by atoms with Crippen molar-refractivity contribution < 1.29 is 14.3 Å². The molecule has 0 aliphatic carbocycles. The van der Waals surface area contributed by atoms with E-state index >= 15 is 0 Å². The molecule has 0 N–H and O–H groups in total. The second-order valence-corrected chi connectivity index (χ2v) is 4.67. The summed E-state index contributed by atoms with van der Waals surface area (Å²) in [7, 11) is 0. The number of amides is 1. The zero-order chi connectivity index (χ0) is 12.7. The van der Waals surface area contributed by atoms with E-state index in [9.17, 15) is 9.59 Å². The molecule has 1 atom stereocenters. The van der Waals surface area contributed by atoms with E-state index in [-0.39, 0.29) is 5.91 Å². The predicted octanol–water partition coefficient (Wildman–Crippen LogP) is 1.31. The third-order valence-corrected chi connectivity index (χ3v) is 3.64. The van der Waals surface area contributed by atoms with Gasteiger partial charge in [-0.05, 0) is 30.9 Å². The lowest BCUT2D eigenvalue weighted by molar-refractivity contribution is -0.151. The minimum Gasteiger partial charge on any atom is -0.465 e. The van der Waals surface area contributed by atoms with Crippen LogP contribution in [-0.4, -0.2) is 25.0 Å². The summed E-state index contributed by atoms with van der Waals surface area (Å²) in [6.07, 6.45) is 1.35. The van der Waals surface area contributed by atoms with Crippen LogP contribution in [0.15, 0.2) is 18.2 Å². The van der Waals surface area contributed by atoms with Crippen molar-refractivity contribution in [2.24, 2.45) is 5.92 Å². The van der Waals surface area contributed by atoms with E-state index in [2.05, 4.69) is 6.07 Å². The van der Waals surface area contributed by atoms with Crippen molar-refractivity contribution in [3.63, 3.8) is 0 Å². The summed E-state index contributed by atoms with van der Waals surface area (Å²) in [5.41, 5.74) is 3.33. The molecule has 1 aromatic rings. The van der Waals surface area contributed by atoms with E-state index in [1.165, 1.54) is 5.56 Å². The van der Waals surface area contributed by atoms with Crippen LogP contribution in [0.3, 0.4) is 0 Å². The van der Waals surface area contributed by atoms with Gasteiger partial charge in [-0.1, -0.05) is 18.2 Å². The van der Waals surface area contributed by atoms with Crippen molar-refractivity contribution in [2.45, 2.75) is 19.8 Å². The maximum Gasteiger partial charge on any atom is 0.318 e. The van der Waals surface area contributed by atoms with Gasteiger partial charge in [0, 0.05) is 6.54 Å². The molecule has 2 aliphatic rings. The van der Waals surface area contributed by atoms with Crippen LogP contribution < -0.4 is 4.90 Å². The molecule has 0 bridgehead atoms. The van der Waals surface area contributed by atoms with Crippen LogP contribution in [0.2, 0.25) is 0 Å². The van der Waals surface area contributed by atoms with Gasteiger partial charge in [-0.2, -0.15) is 0 Å². The summed E-state index contributed by atoms with van der Waals surface area (Å²) in [5.74, 6) is -1.16. The summed E-state index contributed by atoms with van der Waals surface area (Å²) >= 11 is 0. The SMILES string of the molecule is CCOC(=O)C1Cc2cccc3c2N(CC3)C1=O. The first-order chi connectivity index (χ1) is 8.72. The summed E-state index contributed by atoms with van der Waals surface area (Å²) in [6, 6.07) is 6.04. The van der Waals surface area contributed by atoms with Gasteiger partial charge < -0.3 is 9.64 Å². The van der Waals surface area contributed by atoms with Gasteiger partial charge in [0.25, 0.3) is 0 Å². The average Bonchev–Trinajstić information content (AvgIpc) is 2.79. The minimum atomic E-state index is -0.661. The smallest absolute Gasteiger partial charge is 0.318 e. The van der Waals surface area contributed by atoms with Crippen LogP contribution in [0.4, 0.5) is 5.69 Å². The Morgan fingerprint density at radius 1 is 1.44 bits per heavy atom. The van der Waals surface area contributed by atoms with Crippen molar-refractivity contribution in [1.82, 2.24) is 0 Å². The van der Waals surface area contributed by atoms with Crippen molar-refractivity contribution in [3.05, 3.63) is 29.3 Å². The number of ether oxygens (including phenoxy) is 1. The lowest BCUT2D eigenvalue weighted by Gasteiger charge is -2.30. The summed E-state index contributed by atoms with van der Waals surface area (Å²) in [4.78, 5) is 25.9. The predicted molar refractivity (Wildman–Crippen MR) is 66.3 cm³/mol. The molecular weight excluding hydrogens is 230 g/mol. The normalized spacial score (nSPS) is 20.8. The van der Waals surface area contributed by atoms with Crippen molar-refractivity contribution in [1.29, 1.82) is 0 Å². The van der Waals surface area contributed by atoms with Gasteiger partial charge in [-0.25, -0.2) is 0 Å². The van der Waals surface area contributed by atoms with Crippen LogP contribution in [-0.2, 0) is 27.2 Å². The largest absolute Gasteiger partial charge is 0.465 e. The summed E-state index contributed by atoms with van der Waals surface area (Å²) < 4.78 is 4.99. The first-order valence-corrected chi connectivity index (χ1v) is 6.31. The number of rotatable bonds is 2. The molecule has 0 spiro atoms. The molecule has 0 saturated carbocycles. The van der Waals surface area contributed by atoms with E-state index in [0.29, 0.717) is 19.6 Å². The molecule has 0 radical (unpaired) electrons. The van der Waals surface area contributed by atoms with E-state index in [0.717, 1.165) is 17.7 Å². The fraction of sp³-hybridized carbons (Fsp3) is 0.429. The van der Waals surface area contributed by atoms with E-state index in [1.54, 1.807) is 11.8 Å². The van der Waals surface area contributed by atoms with Gasteiger partial charge in [-0.3, -0.25) is 9.59 Å². The second kappa shape index (κ2) is 4.12. The Hall–Kier alpha value is -1.84. The number of carbonyl (C=O) groups is 2. The molecule has 2 aliphatic heterocycles. The number of esters is 1. The maximum absolute atomic E-state index is 12.3. The van der Waals surface area contributed by atoms with Gasteiger partial charge >= 0.3 is 5.97 Å². The number of para-hydroxylation sites is 1. The van der Waals surface area contributed by atoms with Gasteiger partial charge in [0.05, 0.1) is 12.3 Å². The molecule has 2 heterocycles. The Labute approximate surface area is 106 Å². The molecule has 1 aromatic carbocycles. The lowest BCUT2D eigenvalue weighted by Crippen LogP contribution is -2.43. The van der Waals surface area contributed by atoms with E-state index in [1.807, 2.05) is 12.1 Å². The van der Waals surface area contributed by atoms with Crippen LogP contribution in [0.5, 0.6) is 0 Å². The fourth-order valence-corrected chi connectivity index (χ4v) is 2.84. The molecule has 94 valence electrons. The maximum atomic E-state index is 12.3. The molecule has 3 rings (SSSR count). The zero-order valence-electron chi connectivity index (χ0n) is 10.3. The highest BCUT2D eigenvalue weighted by atomic mass is 16.5. The molecule has 1 unspecified atom stereocenters. The van der Waals surface area contributed by atoms with Crippen LogP contribution in [0, 0.1) is 5.92 Å². The Morgan fingerprint density at radius 2 is 2.22 bits per heavy atom. The van der Waals surface area contributed by atoms with Crippen LogP contribution >= 0.6 is 0 Å². The van der Waals surface area contributed by atoms with E-state index in [4.69, 9.17) is 4.74 Å². The molecule has 4 nitrogen and oxygen atoms in total. The third-order valence-electron chi connectivity index (χ3n) is 3.64. The Kier molecular flexibility index (Phi) is 2.58. The highest BCUT2D eigenvalue weighted by Gasteiger charge is 2.41. The zero-order valence-corrected chi connectivity index (χ0v) is 10.3. The quantitative estimate of drug-likeness (QED) is 0.583. The fourth-order valence-electron chi connectivity index (χ4n) is 2.84. The number of benzene rings is 1. The standard InChI is InChI=1S/C14H15NO3/c1-2-18-14(17)11-8-10-5-3-4-9-6-7-15(12(9)10)13(11)16/h3-5,11H,2,6-8H2,1H3. The number of nitrogens with zero attached hydrogens (tertiary/aromatic N) is 1. The van der Waals surface area contributed by atoms with Crippen molar-refractivity contribution in [2.75, 3.05) is 18.1 Å². The Bertz CT molecular complexity index is 524. The molecular formula is C14H15NO3.